The second-order valence-corrected chi connectivity index (χ2v) is 11.7. The second kappa shape index (κ2) is 14.1. The van der Waals surface area contributed by atoms with Crippen molar-refractivity contribution in [2.45, 2.75) is 71.0 Å². The van der Waals surface area contributed by atoms with Crippen molar-refractivity contribution in [1.29, 1.82) is 0 Å². The molecule has 0 radical (unpaired) electrons. The molecule has 4 atom stereocenters. The van der Waals surface area contributed by atoms with Gasteiger partial charge in [-0.2, -0.15) is 0 Å². The molecule has 0 fully saturated rings. The van der Waals surface area contributed by atoms with Crippen LogP contribution in [0.5, 0.6) is 5.75 Å². The summed E-state index contributed by atoms with van der Waals surface area (Å²) in [5.74, 6) is -2.58. The third-order valence-corrected chi connectivity index (χ3v) is 7.63. The molecule has 43 heavy (non-hydrogen) atoms. The highest BCUT2D eigenvalue weighted by Gasteiger charge is 2.41. The average molecular weight is 607 g/mol. The minimum Gasteiger partial charge on any atom is -0.491 e. The van der Waals surface area contributed by atoms with Crippen molar-refractivity contribution in [3.63, 3.8) is 0 Å². The van der Waals surface area contributed by atoms with Crippen molar-refractivity contribution in [3.05, 3.63) is 64.9 Å². The van der Waals surface area contributed by atoms with Crippen molar-refractivity contribution in [2.75, 3.05) is 39.6 Å². The van der Waals surface area contributed by atoms with Gasteiger partial charge in [-0.1, -0.05) is 18.2 Å². The summed E-state index contributed by atoms with van der Waals surface area (Å²) in [5, 5.41) is 9.57. The Hall–Kier alpha value is -3.12. The standard InChI is InChI=1S/C32H41F3N2O6/c1-19-14-24-23-8-6-7-9-27(23)36-30(24)31(37(19)18-32(4,5)35)29-25(33)15-22(16-26(29)34)43-13-12-42-21(3)20(2)41-11-10-40-17-28(38)39/h6-9,15-16,19-21,31,36H,10-14,17-18H2,1-5H3,(H,38,39)/t19-,20+,21+,31-/m1/s1. The van der Waals surface area contributed by atoms with Gasteiger partial charge in [0.1, 0.15) is 36.3 Å². The molecular formula is C32H41F3N2O6. The number of carboxylic acid groups (broad SMARTS) is 1. The molecule has 0 spiro atoms. The number of alkyl halides is 1. The molecule has 2 aromatic carbocycles. The molecule has 0 bridgehead atoms. The topological polar surface area (TPSA) is 93.3 Å². The number of hydrogen-bond donors (Lipinski definition) is 2. The Morgan fingerprint density at radius 3 is 2.33 bits per heavy atom. The van der Waals surface area contributed by atoms with Crippen molar-refractivity contribution in [2.24, 2.45) is 0 Å². The van der Waals surface area contributed by atoms with Crippen molar-refractivity contribution < 1.29 is 42.0 Å². The number of halogens is 3. The van der Waals surface area contributed by atoms with E-state index in [1.165, 1.54) is 13.8 Å². The first-order valence-corrected chi connectivity index (χ1v) is 14.5. The summed E-state index contributed by atoms with van der Waals surface area (Å²) in [6, 6.07) is 9.04. The number of para-hydroxylation sites is 1. The van der Waals surface area contributed by atoms with E-state index in [1.54, 1.807) is 0 Å². The van der Waals surface area contributed by atoms with E-state index in [1.807, 2.05) is 49.9 Å². The van der Waals surface area contributed by atoms with Crippen LogP contribution in [0.2, 0.25) is 0 Å². The SMILES string of the molecule is C[C@H](OCCOCC(=O)O)[C@H](C)OCCOc1cc(F)c([C@@H]2c3[nH]c4ccccc4c3C[C@@H](C)N2CC(C)(C)F)c(F)c1. The van der Waals surface area contributed by atoms with Gasteiger partial charge >= 0.3 is 5.97 Å². The number of carbonyl (C=O) groups is 1. The normalized spacial score (nSPS) is 18.9. The molecule has 2 N–H and O–H groups in total. The van der Waals surface area contributed by atoms with Gasteiger partial charge in [0, 0.05) is 46.9 Å². The Morgan fingerprint density at radius 1 is 1.07 bits per heavy atom. The molecule has 0 aliphatic carbocycles. The lowest BCUT2D eigenvalue weighted by molar-refractivity contribution is -0.143. The molecule has 236 valence electrons. The molecule has 0 unspecified atom stereocenters. The highest BCUT2D eigenvalue weighted by Crippen LogP contribution is 2.43. The Bertz CT molecular complexity index is 1370. The molecule has 8 nitrogen and oxygen atoms in total. The molecular weight excluding hydrogens is 565 g/mol. The summed E-state index contributed by atoms with van der Waals surface area (Å²) in [4.78, 5) is 15.7. The summed E-state index contributed by atoms with van der Waals surface area (Å²) in [6.07, 6.45) is 0.00689. The number of benzene rings is 2. The number of aromatic amines is 1. The fourth-order valence-electron chi connectivity index (χ4n) is 5.52. The van der Waals surface area contributed by atoms with Crippen LogP contribution in [0.3, 0.4) is 0 Å². The number of H-pyrrole nitrogens is 1. The van der Waals surface area contributed by atoms with E-state index in [-0.39, 0.29) is 69.1 Å². The van der Waals surface area contributed by atoms with Gasteiger partial charge in [-0.3, -0.25) is 4.90 Å². The lowest BCUT2D eigenvalue weighted by Gasteiger charge is -2.43. The largest absolute Gasteiger partial charge is 0.491 e. The van der Waals surface area contributed by atoms with Crippen LogP contribution in [0.4, 0.5) is 13.2 Å². The van der Waals surface area contributed by atoms with Gasteiger partial charge in [0.2, 0.25) is 0 Å². The Balaban J connectivity index is 1.44. The molecule has 0 saturated carbocycles. The third-order valence-electron chi connectivity index (χ3n) is 7.63. The van der Waals surface area contributed by atoms with E-state index in [4.69, 9.17) is 24.1 Å². The summed E-state index contributed by atoms with van der Waals surface area (Å²) in [7, 11) is 0. The lowest BCUT2D eigenvalue weighted by Crippen LogP contribution is -2.48. The van der Waals surface area contributed by atoms with Crippen LogP contribution in [-0.4, -0.2) is 84.5 Å². The first-order valence-electron chi connectivity index (χ1n) is 14.5. The highest BCUT2D eigenvalue weighted by atomic mass is 19.1. The van der Waals surface area contributed by atoms with Crippen LogP contribution in [0.15, 0.2) is 36.4 Å². The maximum Gasteiger partial charge on any atom is 0.329 e. The Kier molecular flexibility index (Phi) is 10.8. The van der Waals surface area contributed by atoms with Crippen LogP contribution in [0.1, 0.15) is 57.5 Å². The Labute approximate surface area is 250 Å². The fourth-order valence-corrected chi connectivity index (χ4v) is 5.52. The van der Waals surface area contributed by atoms with E-state index in [0.29, 0.717) is 12.1 Å². The zero-order valence-electron chi connectivity index (χ0n) is 25.3. The van der Waals surface area contributed by atoms with E-state index in [0.717, 1.165) is 28.6 Å². The minimum absolute atomic E-state index is 0.00219. The molecule has 0 amide bonds. The number of carboxylic acids is 1. The number of nitrogens with zero attached hydrogens (tertiary/aromatic N) is 1. The maximum atomic E-state index is 15.8. The quantitative estimate of drug-likeness (QED) is 0.211. The van der Waals surface area contributed by atoms with Crippen molar-refractivity contribution >= 4 is 16.9 Å². The predicted molar refractivity (Wildman–Crippen MR) is 156 cm³/mol. The van der Waals surface area contributed by atoms with E-state index in [9.17, 15) is 9.18 Å². The van der Waals surface area contributed by atoms with E-state index in [2.05, 4.69) is 4.98 Å². The molecule has 11 heteroatoms. The van der Waals surface area contributed by atoms with Gasteiger partial charge in [-0.25, -0.2) is 18.0 Å². The molecule has 3 aromatic rings. The van der Waals surface area contributed by atoms with Crippen molar-refractivity contribution in [3.8, 4) is 5.75 Å². The molecule has 1 aliphatic rings. The Morgan fingerprint density at radius 2 is 1.70 bits per heavy atom. The second-order valence-electron chi connectivity index (χ2n) is 11.7. The smallest absolute Gasteiger partial charge is 0.329 e. The zero-order valence-corrected chi connectivity index (χ0v) is 25.3. The number of hydrogen-bond acceptors (Lipinski definition) is 6. The summed E-state index contributed by atoms with van der Waals surface area (Å²) < 4.78 is 68.4. The van der Waals surface area contributed by atoms with Gasteiger partial charge in [-0.15, -0.1) is 0 Å². The predicted octanol–water partition coefficient (Wildman–Crippen LogP) is 5.82. The monoisotopic (exact) mass is 606 g/mol. The number of fused-ring (bicyclic) bond motifs is 3. The minimum atomic E-state index is -1.58. The number of aromatic nitrogens is 1. The van der Waals surface area contributed by atoms with Gasteiger partial charge in [0.05, 0.1) is 38.1 Å². The van der Waals surface area contributed by atoms with Gasteiger partial charge in [0.15, 0.2) is 0 Å². The maximum absolute atomic E-state index is 15.8. The van der Waals surface area contributed by atoms with E-state index >= 15 is 8.78 Å². The van der Waals surface area contributed by atoms with E-state index < -0.39 is 29.3 Å². The van der Waals surface area contributed by atoms with Gasteiger partial charge < -0.3 is 29.0 Å². The first-order chi connectivity index (χ1) is 20.4. The van der Waals surface area contributed by atoms with Crippen LogP contribution >= 0.6 is 0 Å². The fraction of sp³-hybridized carbons (Fsp3) is 0.531. The van der Waals surface area contributed by atoms with Crippen molar-refractivity contribution in [1.82, 2.24) is 9.88 Å². The van der Waals surface area contributed by atoms with Crippen LogP contribution in [0, 0.1) is 11.6 Å². The molecule has 0 saturated heterocycles. The summed E-state index contributed by atoms with van der Waals surface area (Å²) in [6.45, 7) is 8.67. The van der Waals surface area contributed by atoms with Crippen LogP contribution in [0.25, 0.3) is 10.9 Å². The summed E-state index contributed by atoms with van der Waals surface area (Å²) >= 11 is 0. The van der Waals surface area contributed by atoms with Crippen LogP contribution < -0.4 is 4.74 Å². The zero-order chi connectivity index (χ0) is 31.3. The van der Waals surface area contributed by atoms with Gasteiger partial charge in [-0.05, 0) is 52.7 Å². The highest BCUT2D eigenvalue weighted by molar-refractivity contribution is 5.85. The number of aliphatic carboxylic acids is 1. The third kappa shape index (κ3) is 8.29. The molecule has 1 aliphatic heterocycles. The van der Waals surface area contributed by atoms with Crippen LogP contribution in [-0.2, 0) is 25.4 Å². The molecule has 2 heterocycles. The number of nitrogens with one attached hydrogen (secondary N) is 1. The summed E-state index contributed by atoms with van der Waals surface area (Å²) in [5.41, 5.74) is 0.783. The molecule has 1 aromatic heterocycles. The first kappa shape index (κ1) is 32.8. The van der Waals surface area contributed by atoms with Gasteiger partial charge in [0.25, 0.3) is 0 Å². The number of rotatable bonds is 15. The number of ether oxygens (including phenoxy) is 4. The average Bonchev–Trinajstić information content (AvgIpc) is 3.29. The molecule has 4 rings (SSSR count). The lowest BCUT2D eigenvalue weighted by atomic mass is 9.87.